The number of rotatable bonds is 6. The summed E-state index contributed by atoms with van der Waals surface area (Å²) < 4.78 is 58.1. The second-order valence-electron chi connectivity index (χ2n) is 5.22. The van der Waals surface area contributed by atoms with Gasteiger partial charge in [0.05, 0.1) is 17.1 Å². The summed E-state index contributed by atoms with van der Waals surface area (Å²) in [6.07, 6.45) is 0.914. The van der Waals surface area contributed by atoms with E-state index in [0.717, 1.165) is 12.5 Å². The number of anilines is 2. The van der Waals surface area contributed by atoms with Gasteiger partial charge in [-0.15, -0.1) is 0 Å². The minimum Gasteiger partial charge on any atom is -0.368 e. The fraction of sp³-hybridized carbons (Fsp3) is 0.500. The molecular weight excluding hydrogens is 330 g/mol. The number of carbonyl (C=O) groups excluding carboxylic acids is 1. The molecule has 9 heteroatoms. The molecule has 1 amide bonds. The van der Waals surface area contributed by atoms with Crippen LogP contribution in [0.2, 0.25) is 0 Å². The lowest BCUT2D eigenvalue weighted by Crippen LogP contribution is -2.27. The molecule has 1 fully saturated rings. The van der Waals surface area contributed by atoms with Crippen molar-refractivity contribution in [3.05, 3.63) is 23.8 Å². The zero-order valence-electron chi connectivity index (χ0n) is 12.6. The van der Waals surface area contributed by atoms with Crippen molar-refractivity contribution >= 4 is 27.3 Å². The van der Waals surface area contributed by atoms with Crippen molar-refractivity contribution in [1.82, 2.24) is 0 Å². The SMILES string of the molecule is CCCS(=O)(=O)Nc1cc(NC(=O)C2CCCO2)c(F)cc1F. The molecule has 0 spiro atoms. The van der Waals surface area contributed by atoms with Crippen LogP contribution in [-0.2, 0) is 19.6 Å². The Morgan fingerprint density at radius 1 is 1.30 bits per heavy atom. The van der Waals surface area contributed by atoms with Crippen molar-refractivity contribution in [2.75, 3.05) is 22.4 Å². The Morgan fingerprint density at radius 2 is 2.00 bits per heavy atom. The van der Waals surface area contributed by atoms with Gasteiger partial charge >= 0.3 is 0 Å². The molecule has 2 N–H and O–H groups in total. The maximum Gasteiger partial charge on any atom is 0.253 e. The van der Waals surface area contributed by atoms with E-state index in [1.807, 2.05) is 4.72 Å². The maximum absolute atomic E-state index is 13.8. The summed E-state index contributed by atoms with van der Waals surface area (Å²) >= 11 is 0. The van der Waals surface area contributed by atoms with Gasteiger partial charge in [0.15, 0.2) is 0 Å². The second kappa shape index (κ2) is 7.22. The van der Waals surface area contributed by atoms with Crippen molar-refractivity contribution in [1.29, 1.82) is 0 Å². The molecule has 0 radical (unpaired) electrons. The predicted molar refractivity (Wildman–Crippen MR) is 81.7 cm³/mol. The van der Waals surface area contributed by atoms with Crippen LogP contribution in [0, 0.1) is 11.6 Å². The van der Waals surface area contributed by atoms with Gasteiger partial charge in [-0.25, -0.2) is 17.2 Å². The highest BCUT2D eigenvalue weighted by molar-refractivity contribution is 7.92. The molecule has 1 aromatic carbocycles. The van der Waals surface area contributed by atoms with Gasteiger partial charge in [-0.05, 0) is 25.3 Å². The monoisotopic (exact) mass is 348 g/mol. The summed E-state index contributed by atoms with van der Waals surface area (Å²) in [6.45, 7) is 2.11. The van der Waals surface area contributed by atoms with Gasteiger partial charge < -0.3 is 10.1 Å². The number of amides is 1. The van der Waals surface area contributed by atoms with Crippen LogP contribution in [0.5, 0.6) is 0 Å². The Balaban J connectivity index is 2.20. The first-order valence-corrected chi connectivity index (χ1v) is 8.89. The van der Waals surface area contributed by atoms with E-state index in [2.05, 4.69) is 5.32 Å². The summed E-state index contributed by atoms with van der Waals surface area (Å²) in [6, 6.07) is 1.44. The summed E-state index contributed by atoms with van der Waals surface area (Å²) in [4.78, 5) is 11.9. The number of carbonyl (C=O) groups is 1. The highest BCUT2D eigenvalue weighted by Crippen LogP contribution is 2.25. The van der Waals surface area contributed by atoms with Crippen LogP contribution in [0.1, 0.15) is 26.2 Å². The standard InChI is InChI=1S/C14H18F2N2O4S/c1-2-6-23(20,21)18-12-8-11(9(15)7-10(12)16)17-14(19)13-4-3-5-22-13/h7-8,13,18H,2-6H2,1H3,(H,17,19). The molecule has 1 saturated heterocycles. The first-order valence-electron chi connectivity index (χ1n) is 7.24. The number of ether oxygens (including phenoxy) is 1. The summed E-state index contributed by atoms with van der Waals surface area (Å²) in [5.74, 6) is -2.79. The Kier molecular flexibility index (Phi) is 5.53. The molecule has 1 aliphatic heterocycles. The molecule has 23 heavy (non-hydrogen) atoms. The Morgan fingerprint density at radius 3 is 2.61 bits per heavy atom. The highest BCUT2D eigenvalue weighted by atomic mass is 32.2. The quantitative estimate of drug-likeness (QED) is 0.826. The van der Waals surface area contributed by atoms with Crippen molar-refractivity contribution in [2.24, 2.45) is 0 Å². The Bertz CT molecular complexity index is 688. The van der Waals surface area contributed by atoms with Crippen molar-refractivity contribution < 1.29 is 26.7 Å². The summed E-state index contributed by atoms with van der Waals surface area (Å²) in [5, 5.41) is 2.30. The molecule has 0 aliphatic carbocycles. The van der Waals surface area contributed by atoms with E-state index < -0.39 is 39.4 Å². The lowest BCUT2D eigenvalue weighted by molar-refractivity contribution is -0.124. The van der Waals surface area contributed by atoms with Crippen LogP contribution < -0.4 is 10.0 Å². The molecule has 1 heterocycles. The molecule has 0 bridgehead atoms. The van der Waals surface area contributed by atoms with E-state index >= 15 is 0 Å². The van der Waals surface area contributed by atoms with E-state index in [-0.39, 0.29) is 11.4 Å². The van der Waals surface area contributed by atoms with Gasteiger partial charge in [0.1, 0.15) is 17.7 Å². The number of hydrogen-bond donors (Lipinski definition) is 2. The third-order valence-corrected chi connectivity index (χ3v) is 4.75. The van der Waals surface area contributed by atoms with E-state index in [1.165, 1.54) is 0 Å². The molecule has 2 rings (SSSR count). The molecular formula is C14H18F2N2O4S. The van der Waals surface area contributed by atoms with Crippen molar-refractivity contribution in [3.63, 3.8) is 0 Å². The average molecular weight is 348 g/mol. The third kappa shape index (κ3) is 4.61. The predicted octanol–water partition coefficient (Wildman–Crippen LogP) is 2.23. The van der Waals surface area contributed by atoms with Crippen LogP contribution in [0.3, 0.4) is 0 Å². The van der Waals surface area contributed by atoms with Crippen LogP contribution >= 0.6 is 0 Å². The van der Waals surface area contributed by atoms with Gasteiger partial charge in [-0.1, -0.05) is 6.92 Å². The fourth-order valence-electron chi connectivity index (χ4n) is 2.21. The van der Waals surface area contributed by atoms with E-state index in [4.69, 9.17) is 4.74 Å². The second-order valence-corrected chi connectivity index (χ2v) is 7.07. The summed E-state index contributed by atoms with van der Waals surface area (Å²) in [7, 11) is -3.73. The number of sulfonamides is 1. The fourth-order valence-corrected chi connectivity index (χ4v) is 3.34. The molecule has 0 aromatic heterocycles. The number of halogens is 2. The summed E-state index contributed by atoms with van der Waals surface area (Å²) in [5.41, 5.74) is -0.719. The molecule has 1 unspecified atom stereocenters. The van der Waals surface area contributed by atoms with Gasteiger partial charge in [0, 0.05) is 12.7 Å². The number of benzene rings is 1. The molecule has 1 atom stereocenters. The zero-order chi connectivity index (χ0) is 17.0. The normalized spacial score (nSPS) is 18.0. The van der Waals surface area contributed by atoms with Crippen molar-refractivity contribution in [3.8, 4) is 0 Å². The average Bonchev–Trinajstić information content (AvgIpc) is 2.97. The van der Waals surface area contributed by atoms with E-state index in [0.29, 0.717) is 25.5 Å². The molecule has 6 nitrogen and oxygen atoms in total. The van der Waals surface area contributed by atoms with Gasteiger partial charge in [0.2, 0.25) is 10.0 Å². The van der Waals surface area contributed by atoms with Crippen LogP contribution in [0.25, 0.3) is 0 Å². The third-order valence-electron chi connectivity index (χ3n) is 3.28. The van der Waals surface area contributed by atoms with Crippen LogP contribution in [0.4, 0.5) is 20.2 Å². The lowest BCUT2D eigenvalue weighted by Gasteiger charge is -2.14. The topological polar surface area (TPSA) is 84.5 Å². The van der Waals surface area contributed by atoms with Crippen LogP contribution in [-0.4, -0.2) is 32.8 Å². The number of hydrogen-bond acceptors (Lipinski definition) is 4. The first kappa shape index (κ1) is 17.6. The smallest absolute Gasteiger partial charge is 0.253 e. The number of nitrogens with one attached hydrogen (secondary N) is 2. The largest absolute Gasteiger partial charge is 0.368 e. The zero-order valence-corrected chi connectivity index (χ0v) is 13.4. The minimum absolute atomic E-state index is 0.193. The van der Waals surface area contributed by atoms with Gasteiger partial charge in [-0.3, -0.25) is 9.52 Å². The van der Waals surface area contributed by atoms with Crippen LogP contribution in [0.15, 0.2) is 12.1 Å². The minimum atomic E-state index is -3.73. The lowest BCUT2D eigenvalue weighted by atomic mass is 10.2. The Labute approximate surface area is 133 Å². The molecule has 1 aliphatic rings. The molecule has 1 aromatic rings. The van der Waals surface area contributed by atoms with E-state index in [9.17, 15) is 22.0 Å². The highest BCUT2D eigenvalue weighted by Gasteiger charge is 2.25. The van der Waals surface area contributed by atoms with E-state index in [1.54, 1.807) is 6.92 Å². The molecule has 0 saturated carbocycles. The van der Waals surface area contributed by atoms with Gasteiger partial charge in [0.25, 0.3) is 5.91 Å². The molecule has 128 valence electrons. The first-order chi connectivity index (χ1) is 10.8. The van der Waals surface area contributed by atoms with Gasteiger partial charge in [-0.2, -0.15) is 0 Å². The Hall–Kier alpha value is -1.74. The maximum atomic E-state index is 13.8. The van der Waals surface area contributed by atoms with Crippen molar-refractivity contribution in [2.45, 2.75) is 32.3 Å².